The molecule has 5 nitrogen and oxygen atoms in total. The number of carbonyl (C=O) groups is 2. The number of nitrogens with zero attached hydrogens (tertiary/aromatic N) is 2. The zero-order valence-corrected chi connectivity index (χ0v) is 12.2. The molecule has 2 aliphatic heterocycles. The number of piperidine rings is 1. The van der Waals surface area contributed by atoms with Gasteiger partial charge in [-0.1, -0.05) is 13.8 Å². The number of rotatable bonds is 3. The molecule has 0 unspecified atom stereocenters. The molecule has 0 radical (unpaired) electrons. The summed E-state index contributed by atoms with van der Waals surface area (Å²) in [6.07, 6.45) is 3.27. The smallest absolute Gasteiger partial charge is 0.249 e. The van der Waals surface area contributed by atoms with Crippen molar-refractivity contribution in [1.29, 1.82) is 0 Å². The fourth-order valence-corrected chi connectivity index (χ4v) is 3.19. The van der Waals surface area contributed by atoms with E-state index in [4.69, 9.17) is 0 Å². The third kappa shape index (κ3) is 2.61. The van der Waals surface area contributed by atoms with Crippen molar-refractivity contribution in [3.63, 3.8) is 0 Å². The summed E-state index contributed by atoms with van der Waals surface area (Å²) in [6.45, 7) is 6.18. The second-order valence-corrected chi connectivity index (χ2v) is 5.80. The van der Waals surface area contributed by atoms with Gasteiger partial charge in [0.15, 0.2) is 0 Å². The second kappa shape index (κ2) is 5.49. The van der Waals surface area contributed by atoms with Gasteiger partial charge in [0.1, 0.15) is 5.54 Å². The van der Waals surface area contributed by atoms with E-state index in [0.717, 1.165) is 25.9 Å². The van der Waals surface area contributed by atoms with Crippen molar-refractivity contribution in [2.45, 2.75) is 51.1 Å². The maximum Gasteiger partial charge on any atom is 0.249 e. The van der Waals surface area contributed by atoms with Crippen molar-refractivity contribution >= 4 is 11.8 Å². The van der Waals surface area contributed by atoms with Gasteiger partial charge in [-0.3, -0.25) is 9.59 Å². The lowest BCUT2D eigenvalue weighted by Gasteiger charge is -2.46. The van der Waals surface area contributed by atoms with Crippen LogP contribution in [0.15, 0.2) is 0 Å². The molecule has 0 saturated carbocycles. The molecule has 0 atom stereocenters. The molecule has 2 aliphatic rings. The van der Waals surface area contributed by atoms with E-state index < -0.39 is 5.54 Å². The lowest BCUT2D eigenvalue weighted by atomic mass is 9.87. The van der Waals surface area contributed by atoms with Crippen LogP contribution in [0.4, 0.5) is 0 Å². The Kier molecular flexibility index (Phi) is 4.13. The number of amides is 2. The average Bonchev–Trinajstić information content (AvgIpc) is 2.42. The molecule has 0 spiro atoms. The van der Waals surface area contributed by atoms with Gasteiger partial charge >= 0.3 is 0 Å². The van der Waals surface area contributed by atoms with Crippen molar-refractivity contribution in [1.82, 2.24) is 15.1 Å². The maximum absolute atomic E-state index is 12.7. The average molecular weight is 267 g/mol. The summed E-state index contributed by atoms with van der Waals surface area (Å²) in [5.74, 6) is 0.105. The van der Waals surface area contributed by atoms with Crippen molar-refractivity contribution in [3.05, 3.63) is 0 Å². The molecular weight excluding hydrogens is 242 g/mol. The zero-order chi connectivity index (χ0) is 14.0. The molecule has 5 heteroatoms. The predicted molar refractivity (Wildman–Crippen MR) is 73.7 cm³/mol. The summed E-state index contributed by atoms with van der Waals surface area (Å²) in [7, 11) is 2.10. The molecule has 0 aromatic carbocycles. The second-order valence-electron chi connectivity index (χ2n) is 5.80. The van der Waals surface area contributed by atoms with E-state index in [1.165, 1.54) is 0 Å². The van der Waals surface area contributed by atoms with Gasteiger partial charge in [0.2, 0.25) is 11.8 Å². The molecule has 2 rings (SSSR count). The van der Waals surface area contributed by atoms with Gasteiger partial charge in [-0.05, 0) is 45.8 Å². The van der Waals surface area contributed by atoms with Gasteiger partial charge in [-0.15, -0.1) is 0 Å². The number of likely N-dealkylation sites (tertiary alicyclic amines) is 1. The third-order valence-electron chi connectivity index (χ3n) is 4.70. The SMILES string of the molecule is CCC1(CC)NC(=O)CN(C2CCN(C)CC2)C1=O. The van der Waals surface area contributed by atoms with Gasteiger partial charge in [0.05, 0.1) is 6.54 Å². The summed E-state index contributed by atoms with van der Waals surface area (Å²) in [6, 6.07) is 0.229. The Bertz CT molecular complexity index is 358. The Balaban J connectivity index is 2.15. The van der Waals surface area contributed by atoms with Gasteiger partial charge in [0, 0.05) is 6.04 Å². The Hall–Kier alpha value is -1.10. The number of carbonyl (C=O) groups excluding carboxylic acids is 2. The maximum atomic E-state index is 12.7. The van der Waals surface area contributed by atoms with Crippen LogP contribution in [0.2, 0.25) is 0 Å². The highest BCUT2D eigenvalue weighted by molar-refractivity contribution is 5.98. The molecule has 19 heavy (non-hydrogen) atoms. The highest BCUT2D eigenvalue weighted by Crippen LogP contribution is 2.26. The quantitative estimate of drug-likeness (QED) is 0.814. The molecule has 0 aromatic heterocycles. The molecule has 2 heterocycles. The van der Waals surface area contributed by atoms with Gasteiger partial charge < -0.3 is 15.1 Å². The number of hydrogen-bond donors (Lipinski definition) is 1. The lowest BCUT2D eigenvalue weighted by molar-refractivity contribution is -0.153. The van der Waals surface area contributed by atoms with E-state index in [-0.39, 0.29) is 24.4 Å². The van der Waals surface area contributed by atoms with E-state index in [2.05, 4.69) is 17.3 Å². The van der Waals surface area contributed by atoms with Crippen LogP contribution in [-0.4, -0.2) is 59.9 Å². The number of nitrogens with one attached hydrogen (secondary N) is 1. The molecular formula is C14H25N3O2. The van der Waals surface area contributed by atoms with E-state index >= 15 is 0 Å². The van der Waals surface area contributed by atoms with Crippen molar-refractivity contribution in [2.75, 3.05) is 26.7 Å². The Morgan fingerprint density at radius 2 is 1.79 bits per heavy atom. The largest absolute Gasteiger partial charge is 0.340 e. The molecule has 1 N–H and O–H groups in total. The molecule has 0 aliphatic carbocycles. The van der Waals surface area contributed by atoms with Crippen LogP contribution < -0.4 is 5.32 Å². The molecule has 2 amide bonds. The minimum Gasteiger partial charge on any atom is -0.340 e. The lowest BCUT2D eigenvalue weighted by Crippen LogP contribution is -2.68. The fraction of sp³-hybridized carbons (Fsp3) is 0.857. The summed E-state index contributed by atoms with van der Waals surface area (Å²) in [5, 5.41) is 2.92. The van der Waals surface area contributed by atoms with E-state index in [1.807, 2.05) is 18.7 Å². The minimum atomic E-state index is -0.668. The van der Waals surface area contributed by atoms with Crippen molar-refractivity contribution in [2.24, 2.45) is 0 Å². The first-order valence-corrected chi connectivity index (χ1v) is 7.33. The van der Waals surface area contributed by atoms with Crippen LogP contribution in [0.25, 0.3) is 0 Å². The molecule has 0 bridgehead atoms. The van der Waals surface area contributed by atoms with E-state index in [0.29, 0.717) is 12.8 Å². The summed E-state index contributed by atoms with van der Waals surface area (Å²) in [5.41, 5.74) is -0.668. The topological polar surface area (TPSA) is 52.7 Å². The molecule has 0 aromatic rings. The normalized spacial score (nSPS) is 25.5. The Morgan fingerprint density at radius 3 is 2.32 bits per heavy atom. The monoisotopic (exact) mass is 267 g/mol. The first kappa shape index (κ1) is 14.3. The van der Waals surface area contributed by atoms with Crippen molar-refractivity contribution < 1.29 is 9.59 Å². The first-order chi connectivity index (χ1) is 9.02. The summed E-state index contributed by atoms with van der Waals surface area (Å²) in [4.78, 5) is 28.8. The zero-order valence-electron chi connectivity index (χ0n) is 12.2. The van der Waals surface area contributed by atoms with Crippen molar-refractivity contribution in [3.8, 4) is 0 Å². The highest BCUT2D eigenvalue weighted by Gasteiger charge is 2.46. The number of piperazine rings is 1. The van der Waals surface area contributed by atoms with Crippen LogP contribution in [0.1, 0.15) is 39.5 Å². The predicted octanol–water partition coefficient (Wildman–Crippen LogP) is 0.598. The van der Waals surface area contributed by atoms with E-state index in [1.54, 1.807) is 0 Å². The van der Waals surface area contributed by atoms with Gasteiger partial charge in [-0.2, -0.15) is 0 Å². The highest BCUT2D eigenvalue weighted by atomic mass is 16.2. The summed E-state index contributed by atoms with van der Waals surface area (Å²) < 4.78 is 0. The van der Waals surface area contributed by atoms with Crippen LogP contribution in [0.5, 0.6) is 0 Å². The fourth-order valence-electron chi connectivity index (χ4n) is 3.19. The first-order valence-electron chi connectivity index (χ1n) is 7.33. The summed E-state index contributed by atoms with van der Waals surface area (Å²) >= 11 is 0. The third-order valence-corrected chi connectivity index (χ3v) is 4.70. The Labute approximate surface area is 115 Å². The Morgan fingerprint density at radius 1 is 1.21 bits per heavy atom. The minimum absolute atomic E-state index is 0.0118. The molecule has 2 saturated heterocycles. The van der Waals surface area contributed by atoms with Crippen LogP contribution in [0, 0.1) is 0 Å². The number of hydrogen-bond acceptors (Lipinski definition) is 3. The van der Waals surface area contributed by atoms with Crippen LogP contribution in [-0.2, 0) is 9.59 Å². The van der Waals surface area contributed by atoms with Gasteiger partial charge in [-0.25, -0.2) is 0 Å². The van der Waals surface area contributed by atoms with Gasteiger partial charge in [0.25, 0.3) is 0 Å². The molecule has 108 valence electrons. The van der Waals surface area contributed by atoms with E-state index in [9.17, 15) is 9.59 Å². The standard InChI is InChI=1S/C14H25N3O2/c1-4-14(5-2)13(19)17(10-12(18)15-14)11-6-8-16(3)9-7-11/h11H,4-10H2,1-3H3,(H,15,18). The molecule has 2 fully saturated rings. The van der Waals surface area contributed by atoms with Crippen LogP contribution in [0.3, 0.4) is 0 Å². The van der Waals surface area contributed by atoms with Crippen LogP contribution >= 0.6 is 0 Å².